The molecule has 2 aromatic rings. The Morgan fingerprint density at radius 2 is 1.88 bits per heavy atom. The lowest BCUT2D eigenvalue weighted by atomic mass is 10.2. The number of nitrogens with one attached hydrogen (secondary N) is 2. The number of nitrogens with zero attached hydrogens (tertiary/aromatic N) is 2. The van der Waals surface area contributed by atoms with E-state index in [4.69, 9.17) is 4.74 Å². The van der Waals surface area contributed by atoms with E-state index in [-0.39, 0.29) is 18.4 Å². The summed E-state index contributed by atoms with van der Waals surface area (Å²) in [6.07, 6.45) is 0. The highest BCUT2D eigenvalue weighted by Gasteiger charge is 2.13. The average molecular weight is 344 g/mol. The summed E-state index contributed by atoms with van der Waals surface area (Å²) in [5, 5.41) is 9.25. The number of aromatic nitrogens is 2. The van der Waals surface area contributed by atoms with Crippen molar-refractivity contribution in [1.82, 2.24) is 15.1 Å². The van der Waals surface area contributed by atoms with Crippen molar-refractivity contribution < 1.29 is 19.1 Å². The van der Waals surface area contributed by atoms with Crippen molar-refractivity contribution in [2.45, 2.75) is 13.8 Å². The lowest BCUT2D eigenvalue weighted by Crippen LogP contribution is -2.33. The van der Waals surface area contributed by atoms with E-state index in [0.29, 0.717) is 23.6 Å². The van der Waals surface area contributed by atoms with E-state index in [0.717, 1.165) is 5.69 Å². The third-order valence-corrected chi connectivity index (χ3v) is 3.32. The van der Waals surface area contributed by atoms with Gasteiger partial charge in [-0.3, -0.25) is 14.3 Å². The maximum Gasteiger partial charge on any atom is 0.338 e. The molecule has 0 spiro atoms. The Labute approximate surface area is 145 Å². The summed E-state index contributed by atoms with van der Waals surface area (Å²) < 4.78 is 6.34. The van der Waals surface area contributed by atoms with Crippen molar-refractivity contribution in [3.63, 3.8) is 0 Å². The molecule has 2 amide bonds. The Kier molecular flexibility index (Phi) is 5.89. The molecule has 0 bridgehead atoms. The molecule has 2 N–H and O–H groups in total. The molecule has 8 nitrogen and oxygen atoms in total. The molecule has 25 heavy (non-hydrogen) atoms. The second-order valence-electron chi connectivity index (χ2n) is 5.32. The molecule has 1 aromatic carbocycles. The van der Waals surface area contributed by atoms with Gasteiger partial charge in [0.2, 0.25) is 5.91 Å². The predicted octanol–water partition coefficient (Wildman–Crippen LogP) is 1.27. The second-order valence-corrected chi connectivity index (χ2v) is 5.32. The summed E-state index contributed by atoms with van der Waals surface area (Å²) in [6.45, 7) is 3.63. The molecule has 0 aliphatic heterocycles. The molecule has 0 radical (unpaired) electrons. The zero-order valence-electron chi connectivity index (χ0n) is 14.3. The van der Waals surface area contributed by atoms with Crippen LogP contribution in [-0.4, -0.2) is 40.7 Å². The van der Waals surface area contributed by atoms with Crippen LogP contribution in [0.4, 0.5) is 5.69 Å². The van der Waals surface area contributed by atoms with Gasteiger partial charge in [0.15, 0.2) is 0 Å². The van der Waals surface area contributed by atoms with Crippen LogP contribution in [-0.2, 0) is 16.6 Å². The third kappa shape index (κ3) is 4.90. The number of anilines is 1. The molecule has 1 aromatic heterocycles. The van der Waals surface area contributed by atoms with E-state index < -0.39 is 5.97 Å². The van der Waals surface area contributed by atoms with Crippen molar-refractivity contribution in [3.8, 4) is 0 Å². The highest BCUT2D eigenvalue weighted by Crippen LogP contribution is 2.10. The first-order valence-corrected chi connectivity index (χ1v) is 7.76. The molecule has 0 saturated heterocycles. The molecular formula is C17H20N4O4. The van der Waals surface area contributed by atoms with Gasteiger partial charge in [-0.05, 0) is 44.2 Å². The summed E-state index contributed by atoms with van der Waals surface area (Å²) in [4.78, 5) is 35.5. The monoisotopic (exact) mass is 344 g/mol. The van der Waals surface area contributed by atoms with E-state index in [2.05, 4.69) is 15.7 Å². The van der Waals surface area contributed by atoms with Crippen molar-refractivity contribution in [2.75, 3.05) is 18.5 Å². The van der Waals surface area contributed by atoms with Crippen molar-refractivity contribution in [1.29, 1.82) is 0 Å². The van der Waals surface area contributed by atoms with Gasteiger partial charge >= 0.3 is 5.97 Å². The van der Waals surface area contributed by atoms with E-state index in [1.165, 1.54) is 4.68 Å². The summed E-state index contributed by atoms with van der Waals surface area (Å²) >= 11 is 0. The molecule has 8 heteroatoms. The Morgan fingerprint density at radius 3 is 2.44 bits per heavy atom. The number of hydrogen-bond acceptors (Lipinski definition) is 5. The SMILES string of the molecule is CCOC(=O)c1ccc(NC(=O)CNC(=O)c2cc(C)nn2C)cc1. The highest BCUT2D eigenvalue weighted by atomic mass is 16.5. The van der Waals surface area contributed by atoms with Crippen molar-refractivity contribution >= 4 is 23.5 Å². The fourth-order valence-corrected chi connectivity index (χ4v) is 2.18. The van der Waals surface area contributed by atoms with Gasteiger partial charge in [-0.1, -0.05) is 0 Å². The number of aryl methyl sites for hydroxylation is 2. The number of carbonyl (C=O) groups is 3. The van der Waals surface area contributed by atoms with Gasteiger partial charge in [0.1, 0.15) is 5.69 Å². The van der Waals surface area contributed by atoms with Gasteiger partial charge in [-0.2, -0.15) is 5.10 Å². The minimum absolute atomic E-state index is 0.178. The van der Waals surface area contributed by atoms with Crippen LogP contribution in [0.1, 0.15) is 33.5 Å². The first kappa shape index (κ1) is 18.2. The Balaban J connectivity index is 1.87. The third-order valence-electron chi connectivity index (χ3n) is 3.32. The average Bonchev–Trinajstić information content (AvgIpc) is 2.92. The zero-order chi connectivity index (χ0) is 18.4. The molecule has 0 saturated carbocycles. The number of ether oxygens (including phenoxy) is 1. The highest BCUT2D eigenvalue weighted by molar-refractivity contribution is 5.98. The fourth-order valence-electron chi connectivity index (χ4n) is 2.18. The van der Waals surface area contributed by atoms with Crippen LogP contribution in [0, 0.1) is 6.92 Å². The van der Waals surface area contributed by atoms with E-state index in [9.17, 15) is 14.4 Å². The van der Waals surface area contributed by atoms with Gasteiger partial charge in [-0.25, -0.2) is 4.79 Å². The molecule has 132 valence electrons. The van der Waals surface area contributed by atoms with Crippen LogP contribution in [0.15, 0.2) is 30.3 Å². The maximum absolute atomic E-state index is 12.0. The molecule has 0 unspecified atom stereocenters. The van der Waals surface area contributed by atoms with E-state index in [1.54, 1.807) is 51.2 Å². The Hall–Kier alpha value is -3.16. The lowest BCUT2D eigenvalue weighted by Gasteiger charge is -2.08. The summed E-state index contributed by atoms with van der Waals surface area (Å²) in [7, 11) is 1.66. The molecule has 0 aliphatic rings. The van der Waals surface area contributed by atoms with E-state index >= 15 is 0 Å². The van der Waals surface area contributed by atoms with Crippen LogP contribution in [0.3, 0.4) is 0 Å². The largest absolute Gasteiger partial charge is 0.462 e. The first-order valence-electron chi connectivity index (χ1n) is 7.76. The van der Waals surface area contributed by atoms with Gasteiger partial charge in [0.25, 0.3) is 5.91 Å². The predicted molar refractivity (Wildman–Crippen MR) is 91.3 cm³/mol. The Bertz CT molecular complexity index is 780. The molecule has 0 aliphatic carbocycles. The summed E-state index contributed by atoms with van der Waals surface area (Å²) in [5.41, 5.74) is 2.02. The molecule has 0 fully saturated rings. The number of hydrogen-bond donors (Lipinski definition) is 2. The van der Waals surface area contributed by atoms with Gasteiger partial charge in [0.05, 0.1) is 24.4 Å². The summed E-state index contributed by atoms with van der Waals surface area (Å²) in [6, 6.07) is 7.95. The number of amides is 2. The minimum atomic E-state index is -0.417. The quantitative estimate of drug-likeness (QED) is 0.769. The molecular weight excluding hydrogens is 324 g/mol. The standard InChI is InChI=1S/C17H20N4O4/c1-4-25-17(24)12-5-7-13(8-6-12)19-15(22)10-18-16(23)14-9-11(2)20-21(14)3/h5-9H,4,10H2,1-3H3,(H,18,23)(H,19,22). The van der Waals surface area contributed by atoms with Crippen molar-refractivity contribution in [2.24, 2.45) is 7.05 Å². The van der Waals surface area contributed by atoms with Crippen LogP contribution in [0.2, 0.25) is 0 Å². The molecule has 1 heterocycles. The summed E-state index contributed by atoms with van der Waals surface area (Å²) in [5.74, 6) is -1.17. The van der Waals surface area contributed by atoms with Gasteiger partial charge in [0, 0.05) is 12.7 Å². The normalized spacial score (nSPS) is 10.2. The zero-order valence-corrected chi connectivity index (χ0v) is 14.3. The maximum atomic E-state index is 12.0. The van der Waals surface area contributed by atoms with Crippen LogP contribution in [0.25, 0.3) is 0 Å². The van der Waals surface area contributed by atoms with Gasteiger partial charge in [-0.15, -0.1) is 0 Å². The fraction of sp³-hybridized carbons (Fsp3) is 0.294. The second kappa shape index (κ2) is 8.09. The van der Waals surface area contributed by atoms with Gasteiger partial charge < -0.3 is 15.4 Å². The topological polar surface area (TPSA) is 102 Å². The Morgan fingerprint density at radius 1 is 1.20 bits per heavy atom. The number of benzene rings is 1. The lowest BCUT2D eigenvalue weighted by molar-refractivity contribution is -0.115. The number of rotatable bonds is 6. The first-order chi connectivity index (χ1) is 11.9. The van der Waals surface area contributed by atoms with Crippen molar-refractivity contribution in [3.05, 3.63) is 47.3 Å². The van der Waals surface area contributed by atoms with Crippen LogP contribution < -0.4 is 10.6 Å². The number of carbonyl (C=O) groups excluding carboxylic acids is 3. The van der Waals surface area contributed by atoms with E-state index in [1.807, 2.05) is 0 Å². The number of esters is 1. The molecule has 2 rings (SSSR count). The smallest absolute Gasteiger partial charge is 0.338 e. The molecule has 0 atom stereocenters. The minimum Gasteiger partial charge on any atom is -0.462 e. The van der Waals surface area contributed by atoms with Crippen LogP contribution in [0.5, 0.6) is 0 Å². The van der Waals surface area contributed by atoms with Crippen LogP contribution >= 0.6 is 0 Å².